The van der Waals surface area contributed by atoms with Crippen molar-refractivity contribution in [1.82, 2.24) is 5.32 Å². The molecule has 164 valence electrons. The van der Waals surface area contributed by atoms with Crippen LogP contribution in [0.3, 0.4) is 0 Å². The number of benzene rings is 2. The van der Waals surface area contributed by atoms with Crippen molar-refractivity contribution in [2.45, 2.75) is 35.7 Å². The molecule has 0 saturated heterocycles. The van der Waals surface area contributed by atoms with Gasteiger partial charge in [0.25, 0.3) is 0 Å². The van der Waals surface area contributed by atoms with Crippen LogP contribution in [0.2, 0.25) is 0 Å². The summed E-state index contributed by atoms with van der Waals surface area (Å²) in [6, 6.07) is 9.96. The second-order valence-electron chi connectivity index (χ2n) is 7.54. The van der Waals surface area contributed by atoms with Crippen molar-refractivity contribution in [2.75, 3.05) is 6.54 Å². The highest BCUT2D eigenvalue weighted by Crippen LogP contribution is 2.58. The third kappa shape index (κ3) is 4.36. The SMILES string of the molecule is Cc1cc(/C(C=N)=C/NCCCCC(=O)O)c2c(c1)C(O)(C(F)(F)I)c1ccccc1-2. The maximum Gasteiger partial charge on any atom is 0.332 e. The Kier molecular flexibility index (Phi) is 6.80. The molecular weight excluding hydrogens is 517 g/mol. The highest BCUT2D eigenvalue weighted by Gasteiger charge is 2.58. The van der Waals surface area contributed by atoms with Gasteiger partial charge in [-0.1, -0.05) is 42.0 Å². The van der Waals surface area contributed by atoms with Crippen molar-refractivity contribution in [2.24, 2.45) is 0 Å². The van der Waals surface area contributed by atoms with Gasteiger partial charge in [0.2, 0.25) is 0 Å². The van der Waals surface area contributed by atoms with E-state index in [-0.39, 0.29) is 17.5 Å². The summed E-state index contributed by atoms with van der Waals surface area (Å²) in [7, 11) is 0. The first kappa shape index (κ1) is 23.3. The van der Waals surface area contributed by atoms with Gasteiger partial charge >= 0.3 is 9.90 Å². The number of alkyl halides is 3. The van der Waals surface area contributed by atoms with Crippen molar-refractivity contribution in [1.29, 1.82) is 5.41 Å². The Morgan fingerprint density at radius 1 is 1.26 bits per heavy atom. The fourth-order valence-corrected chi connectivity index (χ4v) is 4.52. The molecule has 0 spiro atoms. The van der Waals surface area contributed by atoms with E-state index in [1.54, 1.807) is 37.4 Å². The van der Waals surface area contributed by atoms with E-state index in [1.165, 1.54) is 6.07 Å². The monoisotopic (exact) mass is 540 g/mol. The largest absolute Gasteiger partial charge is 0.481 e. The topological polar surface area (TPSA) is 93.4 Å². The standard InChI is InChI=1S/C23H23F2IN2O3/c1-14-10-17(15(12-27)13-28-9-5-4-8-20(29)30)21-16-6-2-3-7-18(16)22(31,19(21)11-14)23(24,25)26/h2-3,6-7,10-13,27-28,31H,4-5,8-9H2,1H3,(H,29,30)/b15-13+,27-12?. The number of halogens is 3. The Hall–Kier alpha value is -2.33. The Bertz CT molecular complexity index is 1050. The molecule has 2 aromatic rings. The minimum absolute atomic E-state index is 0.0914. The van der Waals surface area contributed by atoms with E-state index in [0.717, 1.165) is 28.8 Å². The highest BCUT2D eigenvalue weighted by molar-refractivity contribution is 14.1. The number of carboxylic acid groups (broad SMARTS) is 1. The van der Waals surface area contributed by atoms with Crippen LogP contribution in [0.5, 0.6) is 0 Å². The van der Waals surface area contributed by atoms with E-state index in [9.17, 15) is 18.7 Å². The second kappa shape index (κ2) is 9.04. The predicted octanol–water partition coefficient (Wildman–Crippen LogP) is 5.07. The molecule has 0 saturated carbocycles. The molecule has 1 atom stereocenters. The van der Waals surface area contributed by atoms with Gasteiger partial charge in [0.1, 0.15) is 0 Å². The van der Waals surface area contributed by atoms with Gasteiger partial charge < -0.3 is 20.9 Å². The molecule has 2 aromatic carbocycles. The van der Waals surface area contributed by atoms with Gasteiger partial charge in [0, 0.05) is 64.7 Å². The van der Waals surface area contributed by atoms with Crippen LogP contribution >= 0.6 is 22.6 Å². The molecule has 1 unspecified atom stereocenters. The van der Waals surface area contributed by atoms with Crippen molar-refractivity contribution >= 4 is 40.3 Å². The molecule has 4 N–H and O–H groups in total. The predicted molar refractivity (Wildman–Crippen MR) is 125 cm³/mol. The summed E-state index contributed by atoms with van der Waals surface area (Å²) in [5.74, 6) is -0.843. The molecule has 0 fully saturated rings. The van der Waals surface area contributed by atoms with Crippen LogP contribution in [-0.4, -0.2) is 32.9 Å². The molecule has 0 radical (unpaired) electrons. The van der Waals surface area contributed by atoms with E-state index >= 15 is 0 Å². The lowest BCUT2D eigenvalue weighted by molar-refractivity contribution is -0.137. The number of unbranched alkanes of at least 4 members (excludes halogenated alkanes) is 1. The first-order valence-electron chi connectivity index (χ1n) is 9.81. The van der Waals surface area contributed by atoms with Gasteiger partial charge in [-0.25, -0.2) is 0 Å². The smallest absolute Gasteiger partial charge is 0.332 e. The summed E-state index contributed by atoms with van der Waals surface area (Å²) < 4.78 is 26.0. The number of allylic oxidation sites excluding steroid dienone is 1. The van der Waals surface area contributed by atoms with E-state index in [4.69, 9.17) is 10.5 Å². The van der Waals surface area contributed by atoms with Crippen molar-refractivity contribution in [3.8, 4) is 11.1 Å². The molecule has 0 aromatic heterocycles. The molecule has 8 heteroatoms. The summed E-state index contributed by atoms with van der Waals surface area (Å²) in [5.41, 5.74) is 0.538. The molecule has 5 nitrogen and oxygen atoms in total. The molecular formula is C23H23F2IN2O3. The minimum Gasteiger partial charge on any atom is -0.481 e. The Morgan fingerprint density at radius 3 is 2.61 bits per heavy atom. The lowest BCUT2D eigenvalue weighted by Gasteiger charge is -2.30. The van der Waals surface area contributed by atoms with Crippen LogP contribution in [-0.2, 0) is 10.4 Å². The normalized spacial score (nSPS) is 17.8. The molecule has 0 amide bonds. The number of aliphatic carboxylic acids is 1. The number of hydrogen-bond acceptors (Lipinski definition) is 4. The lowest BCUT2D eigenvalue weighted by atomic mass is 9.88. The first-order valence-corrected chi connectivity index (χ1v) is 10.9. The lowest BCUT2D eigenvalue weighted by Crippen LogP contribution is -2.40. The van der Waals surface area contributed by atoms with Crippen LogP contribution in [0.1, 0.15) is 41.5 Å². The number of aryl methyl sites for hydroxylation is 1. The zero-order valence-electron chi connectivity index (χ0n) is 16.9. The van der Waals surface area contributed by atoms with Crippen LogP contribution in [0.15, 0.2) is 42.6 Å². The molecule has 1 aliphatic carbocycles. The van der Waals surface area contributed by atoms with E-state index in [0.29, 0.717) is 47.2 Å². The van der Waals surface area contributed by atoms with Crippen LogP contribution in [0.25, 0.3) is 16.7 Å². The van der Waals surface area contributed by atoms with Crippen molar-refractivity contribution in [3.05, 3.63) is 64.9 Å². The molecule has 0 heterocycles. The number of rotatable bonds is 9. The van der Waals surface area contributed by atoms with Gasteiger partial charge in [-0.05, 0) is 36.5 Å². The quantitative estimate of drug-likeness (QED) is 0.155. The maximum absolute atomic E-state index is 14.7. The number of fused-ring (bicyclic) bond motifs is 3. The molecule has 31 heavy (non-hydrogen) atoms. The summed E-state index contributed by atoms with van der Waals surface area (Å²) >= 11 is 0.982. The minimum atomic E-state index is -3.45. The number of carboxylic acids is 1. The first-order chi connectivity index (χ1) is 14.6. The van der Waals surface area contributed by atoms with Crippen molar-refractivity contribution in [3.63, 3.8) is 0 Å². The second-order valence-corrected chi connectivity index (χ2v) is 8.89. The fraction of sp³-hybridized carbons (Fsp3) is 0.304. The summed E-state index contributed by atoms with van der Waals surface area (Å²) in [6.45, 7) is 2.28. The summed E-state index contributed by atoms with van der Waals surface area (Å²) in [6.07, 6.45) is 4.03. The van der Waals surface area contributed by atoms with E-state index < -0.39 is 15.5 Å². The Labute approximate surface area is 192 Å². The number of nitrogens with one attached hydrogen (secondary N) is 2. The Balaban J connectivity index is 2.05. The Morgan fingerprint density at radius 2 is 1.97 bits per heavy atom. The number of aliphatic hydroxyl groups is 1. The summed E-state index contributed by atoms with van der Waals surface area (Å²) in [5, 5.41) is 30.9. The third-order valence-electron chi connectivity index (χ3n) is 5.35. The van der Waals surface area contributed by atoms with E-state index in [2.05, 4.69) is 5.32 Å². The average molecular weight is 540 g/mol. The summed E-state index contributed by atoms with van der Waals surface area (Å²) in [4.78, 5) is 10.6. The fourth-order valence-electron chi connectivity index (χ4n) is 3.94. The van der Waals surface area contributed by atoms with Gasteiger partial charge in [0.05, 0.1) is 0 Å². The zero-order valence-corrected chi connectivity index (χ0v) is 19.0. The zero-order chi connectivity index (χ0) is 22.8. The van der Waals surface area contributed by atoms with Crippen LogP contribution < -0.4 is 5.32 Å². The molecule has 0 aliphatic heterocycles. The van der Waals surface area contributed by atoms with Crippen molar-refractivity contribution < 1.29 is 23.8 Å². The van der Waals surface area contributed by atoms with Gasteiger partial charge in [-0.3, -0.25) is 4.79 Å². The van der Waals surface area contributed by atoms with Gasteiger partial charge in [0.15, 0.2) is 5.60 Å². The third-order valence-corrected chi connectivity index (χ3v) is 6.14. The van der Waals surface area contributed by atoms with E-state index in [1.807, 2.05) is 6.07 Å². The average Bonchev–Trinajstić information content (AvgIpc) is 2.97. The van der Waals surface area contributed by atoms with Crippen LogP contribution in [0, 0.1) is 12.3 Å². The molecule has 3 rings (SSSR count). The maximum atomic E-state index is 14.7. The van der Waals surface area contributed by atoms with Gasteiger partial charge in [-0.2, -0.15) is 8.78 Å². The van der Waals surface area contributed by atoms with Gasteiger partial charge in [-0.15, -0.1) is 0 Å². The molecule has 0 bridgehead atoms. The number of carbonyl (C=O) groups is 1. The molecule has 1 aliphatic rings. The number of hydrogen-bond donors (Lipinski definition) is 4. The van der Waals surface area contributed by atoms with Crippen LogP contribution in [0.4, 0.5) is 8.78 Å². The highest BCUT2D eigenvalue weighted by atomic mass is 127.